The van der Waals surface area contributed by atoms with Gasteiger partial charge in [-0.05, 0) is 50.5 Å². The number of para-hydroxylation sites is 2. The maximum absolute atomic E-state index is 12.6. The summed E-state index contributed by atoms with van der Waals surface area (Å²) < 4.78 is 7.56. The monoisotopic (exact) mass is 458 g/mol. The zero-order valence-electron chi connectivity index (χ0n) is 19.4. The Kier molecular flexibility index (Phi) is 7.19. The lowest BCUT2D eigenvalue weighted by Crippen LogP contribution is -2.26. The fourth-order valence-corrected chi connectivity index (χ4v) is 5.00. The number of ether oxygens (including phenoxy) is 1. The first kappa shape index (κ1) is 23.1. The van der Waals surface area contributed by atoms with Crippen LogP contribution in [-0.2, 0) is 16.1 Å². The van der Waals surface area contributed by atoms with Crippen molar-refractivity contribution in [3.05, 3.63) is 96.1 Å². The molecular formula is C28H30N2O2S. The SMILES string of the molecule is CC(C)(C)OC(=O)Cn1c(SCCC(c2ccccc2)c2ccccc2)nc2ccccc21. The summed E-state index contributed by atoms with van der Waals surface area (Å²) in [7, 11) is 0. The second-order valence-electron chi connectivity index (χ2n) is 9.07. The van der Waals surface area contributed by atoms with Crippen molar-refractivity contribution in [3.8, 4) is 0 Å². The lowest BCUT2D eigenvalue weighted by Gasteiger charge is -2.20. The van der Waals surface area contributed by atoms with E-state index in [2.05, 4.69) is 60.7 Å². The van der Waals surface area contributed by atoms with Gasteiger partial charge in [-0.25, -0.2) is 4.98 Å². The Morgan fingerprint density at radius 1 is 0.909 bits per heavy atom. The van der Waals surface area contributed by atoms with Crippen LogP contribution in [0.1, 0.15) is 44.2 Å². The van der Waals surface area contributed by atoms with Crippen LogP contribution >= 0.6 is 11.8 Å². The molecular weight excluding hydrogens is 428 g/mol. The van der Waals surface area contributed by atoms with Gasteiger partial charge >= 0.3 is 5.97 Å². The minimum absolute atomic E-state index is 0.154. The summed E-state index contributed by atoms with van der Waals surface area (Å²) in [6.45, 7) is 5.82. The topological polar surface area (TPSA) is 44.1 Å². The quantitative estimate of drug-likeness (QED) is 0.218. The van der Waals surface area contributed by atoms with Gasteiger partial charge in [0.05, 0.1) is 11.0 Å². The van der Waals surface area contributed by atoms with Crippen LogP contribution in [0.5, 0.6) is 0 Å². The highest BCUT2D eigenvalue weighted by Crippen LogP contribution is 2.32. The van der Waals surface area contributed by atoms with Crippen LogP contribution in [0.3, 0.4) is 0 Å². The van der Waals surface area contributed by atoms with Gasteiger partial charge in [0.15, 0.2) is 5.16 Å². The van der Waals surface area contributed by atoms with Crippen LogP contribution in [0.4, 0.5) is 0 Å². The van der Waals surface area contributed by atoms with Gasteiger partial charge in [-0.3, -0.25) is 4.79 Å². The molecule has 0 bridgehead atoms. The van der Waals surface area contributed by atoms with E-state index in [-0.39, 0.29) is 12.5 Å². The van der Waals surface area contributed by atoms with Crippen molar-refractivity contribution in [3.63, 3.8) is 0 Å². The molecule has 0 saturated heterocycles. The second-order valence-corrected chi connectivity index (χ2v) is 10.1. The molecule has 4 rings (SSSR count). The standard InChI is InChI=1S/C28H30N2O2S/c1-28(2,3)32-26(31)20-30-25-17-11-10-16-24(25)29-27(30)33-19-18-23(21-12-6-4-7-13-21)22-14-8-5-9-15-22/h4-17,23H,18-20H2,1-3H3. The molecule has 3 aromatic carbocycles. The number of benzene rings is 3. The normalized spacial score (nSPS) is 11.8. The molecule has 0 saturated carbocycles. The molecule has 0 fully saturated rings. The third-order valence-electron chi connectivity index (χ3n) is 5.37. The van der Waals surface area contributed by atoms with Crippen LogP contribution in [0.15, 0.2) is 90.1 Å². The predicted molar refractivity (Wildman–Crippen MR) is 136 cm³/mol. The van der Waals surface area contributed by atoms with E-state index >= 15 is 0 Å². The number of carbonyl (C=O) groups excluding carboxylic acids is 1. The number of imidazole rings is 1. The average Bonchev–Trinajstić information content (AvgIpc) is 3.14. The number of carbonyl (C=O) groups is 1. The average molecular weight is 459 g/mol. The summed E-state index contributed by atoms with van der Waals surface area (Å²) in [5.41, 5.74) is 3.96. The fraction of sp³-hybridized carbons (Fsp3) is 0.286. The number of rotatable bonds is 8. The summed E-state index contributed by atoms with van der Waals surface area (Å²) >= 11 is 1.69. The summed E-state index contributed by atoms with van der Waals surface area (Å²) in [6.07, 6.45) is 0.967. The molecule has 1 heterocycles. The molecule has 4 nitrogen and oxygen atoms in total. The first-order valence-corrected chi connectivity index (χ1v) is 12.3. The first-order valence-electron chi connectivity index (χ1n) is 11.3. The minimum atomic E-state index is -0.515. The Balaban J connectivity index is 1.54. The number of nitrogens with zero attached hydrogens (tertiary/aromatic N) is 2. The molecule has 0 atom stereocenters. The van der Waals surface area contributed by atoms with E-state index in [0.29, 0.717) is 5.92 Å². The Hall–Kier alpha value is -3.05. The van der Waals surface area contributed by atoms with E-state index in [1.54, 1.807) is 11.8 Å². The molecule has 5 heteroatoms. The van der Waals surface area contributed by atoms with Crippen molar-refractivity contribution >= 4 is 28.8 Å². The molecule has 0 radical (unpaired) electrons. The lowest BCUT2D eigenvalue weighted by molar-refractivity contribution is -0.155. The Labute approximate surface area is 200 Å². The first-order chi connectivity index (χ1) is 15.9. The summed E-state index contributed by atoms with van der Waals surface area (Å²) in [4.78, 5) is 17.4. The second kappa shape index (κ2) is 10.3. The number of thioether (sulfide) groups is 1. The number of hydrogen-bond donors (Lipinski definition) is 0. The van der Waals surface area contributed by atoms with Crippen molar-refractivity contribution in [2.75, 3.05) is 5.75 Å². The van der Waals surface area contributed by atoms with Gasteiger partial charge in [0.2, 0.25) is 0 Å². The van der Waals surface area contributed by atoms with E-state index in [0.717, 1.165) is 28.4 Å². The van der Waals surface area contributed by atoms with E-state index in [1.165, 1.54) is 11.1 Å². The van der Waals surface area contributed by atoms with E-state index in [9.17, 15) is 4.79 Å². The molecule has 0 N–H and O–H groups in total. The molecule has 0 aliphatic heterocycles. The van der Waals surface area contributed by atoms with Crippen molar-refractivity contribution < 1.29 is 9.53 Å². The van der Waals surface area contributed by atoms with E-state index in [4.69, 9.17) is 9.72 Å². The molecule has 0 aliphatic rings. The van der Waals surface area contributed by atoms with E-state index < -0.39 is 5.60 Å². The molecule has 1 aromatic heterocycles. The van der Waals surface area contributed by atoms with Gasteiger partial charge in [-0.2, -0.15) is 0 Å². The summed E-state index contributed by atoms with van der Waals surface area (Å²) in [5.74, 6) is 0.939. The highest BCUT2D eigenvalue weighted by molar-refractivity contribution is 7.99. The van der Waals surface area contributed by atoms with Crippen molar-refractivity contribution in [2.24, 2.45) is 0 Å². The van der Waals surface area contributed by atoms with Gasteiger partial charge in [-0.15, -0.1) is 0 Å². The molecule has 0 spiro atoms. The third-order valence-corrected chi connectivity index (χ3v) is 6.38. The van der Waals surface area contributed by atoms with Crippen molar-refractivity contribution in [1.82, 2.24) is 9.55 Å². The van der Waals surface area contributed by atoms with Crippen LogP contribution < -0.4 is 0 Å². The lowest BCUT2D eigenvalue weighted by atomic mass is 9.89. The van der Waals surface area contributed by atoms with E-state index in [1.807, 2.05) is 49.6 Å². The van der Waals surface area contributed by atoms with Crippen molar-refractivity contribution in [1.29, 1.82) is 0 Å². The van der Waals surface area contributed by atoms with Gasteiger partial charge in [-0.1, -0.05) is 84.6 Å². The zero-order chi connectivity index (χ0) is 23.3. The van der Waals surface area contributed by atoms with Crippen LogP contribution in [0.2, 0.25) is 0 Å². The highest BCUT2D eigenvalue weighted by atomic mass is 32.2. The maximum Gasteiger partial charge on any atom is 0.326 e. The largest absolute Gasteiger partial charge is 0.459 e. The maximum atomic E-state index is 12.6. The van der Waals surface area contributed by atoms with Gasteiger partial charge < -0.3 is 9.30 Å². The molecule has 4 aromatic rings. The highest BCUT2D eigenvalue weighted by Gasteiger charge is 2.20. The summed E-state index contributed by atoms with van der Waals surface area (Å²) in [6, 6.07) is 29.2. The molecule has 0 unspecified atom stereocenters. The Bertz CT molecular complexity index is 1160. The smallest absolute Gasteiger partial charge is 0.326 e. The van der Waals surface area contributed by atoms with Crippen LogP contribution in [0, 0.1) is 0 Å². The van der Waals surface area contributed by atoms with Gasteiger partial charge in [0.1, 0.15) is 12.1 Å². The van der Waals surface area contributed by atoms with Gasteiger partial charge in [0.25, 0.3) is 0 Å². The number of fused-ring (bicyclic) bond motifs is 1. The Morgan fingerprint density at radius 2 is 1.48 bits per heavy atom. The van der Waals surface area contributed by atoms with Crippen LogP contribution in [0.25, 0.3) is 11.0 Å². The molecule has 170 valence electrons. The molecule has 0 amide bonds. The Morgan fingerprint density at radius 3 is 2.09 bits per heavy atom. The number of esters is 1. The predicted octanol–water partition coefficient (Wildman–Crippen LogP) is 6.69. The molecule has 33 heavy (non-hydrogen) atoms. The third kappa shape index (κ3) is 6.05. The molecule has 0 aliphatic carbocycles. The van der Waals surface area contributed by atoms with Gasteiger partial charge in [0, 0.05) is 11.7 Å². The zero-order valence-corrected chi connectivity index (χ0v) is 20.2. The minimum Gasteiger partial charge on any atom is -0.459 e. The van der Waals surface area contributed by atoms with Crippen molar-refractivity contribution in [2.45, 2.75) is 50.4 Å². The number of hydrogen-bond acceptors (Lipinski definition) is 4. The summed E-state index contributed by atoms with van der Waals surface area (Å²) in [5, 5.41) is 0.849. The fourth-order valence-electron chi connectivity index (χ4n) is 3.98. The number of aromatic nitrogens is 2. The van der Waals surface area contributed by atoms with Crippen LogP contribution in [-0.4, -0.2) is 26.9 Å².